The molecule has 1 aliphatic heterocycles. The minimum Gasteiger partial charge on any atom is -0.497 e. The second-order valence-corrected chi connectivity index (χ2v) is 6.79. The predicted octanol–water partition coefficient (Wildman–Crippen LogP) is 3.07. The van der Waals surface area contributed by atoms with E-state index in [1.54, 1.807) is 0 Å². The van der Waals surface area contributed by atoms with Crippen LogP contribution in [0.5, 0.6) is 5.75 Å². The second-order valence-electron chi connectivity index (χ2n) is 6.79. The van der Waals surface area contributed by atoms with Crippen LogP contribution in [0.2, 0.25) is 0 Å². The number of allylic oxidation sites excluding steroid dienone is 1. The Hall–Kier alpha value is -3.75. The number of carbonyl (C=O) groups is 2. The van der Waals surface area contributed by atoms with Crippen molar-refractivity contribution in [1.82, 2.24) is 5.32 Å². The molecule has 2 amide bonds. The average molecular weight is 414 g/mol. The van der Waals surface area contributed by atoms with Gasteiger partial charge in [-0.25, -0.2) is 8.78 Å². The Morgan fingerprint density at radius 2 is 2.03 bits per heavy atom. The van der Waals surface area contributed by atoms with Crippen molar-refractivity contribution in [1.29, 1.82) is 5.41 Å². The number of carbonyl (C=O) groups excluding carboxylic acids is 2. The molecule has 0 fully saturated rings. The summed E-state index contributed by atoms with van der Waals surface area (Å²) in [5.41, 5.74) is 6.18. The van der Waals surface area contributed by atoms with Crippen LogP contribution in [0.1, 0.15) is 30.4 Å². The quantitative estimate of drug-likeness (QED) is 0.444. The van der Waals surface area contributed by atoms with E-state index in [9.17, 15) is 18.4 Å². The summed E-state index contributed by atoms with van der Waals surface area (Å²) in [4.78, 5) is 25.1. The van der Waals surface area contributed by atoms with E-state index in [0.29, 0.717) is 5.75 Å². The van der Waals surface area contributed by atoms with E-state index in [0.717, 1.165) is 12.3 Å². The van der Waals surface area contributed by atoms with Crippen LogP contribution in [0.15, 0.2) is 41.6 Å². The second kappa shape index (κ2) is 8.32. The van der Waals surface area contributed by atoms with Crippen LogP contribution in [0.4, 0.5) is 20.2 Å². The molecule has 5 N–H and O–H groups in total. The molecule has 3 rings (SSSR count). The summed E-state index contributed by atoms with van der Waals surface area (Å²) in [5.74, 6) is -2.99. The fourth-order valence-electron chi connectivity index (χ4n) is 3.40. The zero-order chi connectivity index (χ0) is 22.0. The predicted molar refractivity (Wildman–Crippen MR) is 108 cm³/mol. The van der Waals surface area contributed by atoms with Crippen LogP contribution in [0.25, 0.3) is 0 Å². The Labute approximate surface area is 171 Å². The van der Waals surface area contributed by atoms with Crippen molar-refractivity contribution in [2.45, 2.75) is 19.3 Å². The molecular weight excluding hydrogens is 394 g/mol. The summed E-state index contributed by atoms with van der Waals surface area (Å²) < 4.78 is 34.0. The summed E-state index contributed by atoms with van der Waals surface area (Å²) in [6.45, 7) is 1.51. The molecule has 0 spiro atoms. The number of benzene rings is 2. The zero-order valence-corrected chi connectivity index (χ0v) is 16.3. The van der Waals surface area contributed by atoms with Gasteiger partial charge in [-0.1, -0.05) is 0 Å². The van der Waals surface area contributed by atoms with Gasteiger partial charge in [-0.05, 0) is 42.8 Å². The zero-order valence-electron chi connectivity index (χ0n) is 16.3. The molecule has 9 heteroatoms. The van der Waals surface area contributed by atoms with Crippen molar-refractivity contribution in [3.05, 3.63) is 64.4 Å². The normalized spacial score (nSPS) is 16.1. The van der Waals surface area contributed by atoms with Crippen molar-refractivity contribution in [2.75, 3.05) is 18.2 Å². The van der Waals surface area contributed by atoms with Gasteiger partial charge in [0.25, 0.3) is 5.91 Å². The number of nitrogen functional groups attached to an aromatic ring is 1. The van der Waals surface area contributed by atoms with Crippen LogP contribution in [0, 0.1) is 17.0 Å². The number of hydrogen-bond acceptors (Lipinski definition) is 5. The highest BCUT2D eigenvalue weighted by atomic mass is 19.1. The molecule has 0 saturated carbocycles. The first-order valence-electron chi connectivity index (χ1n) is 9.00. The summed E-state index contributed by atoms with van der Waals surface area (Å²) in [5, 5.41) is 12.3. The van der Waals surface area contributed by atoms with E-state index in [-0.39, 0.29) is 46.1 Å². The Morgan fingerprint density at radius 3 is 2.70 bits per heavy atom. The molecule has 30 heavy (non-hydrogen) atoms. The largest absolute Gasteiger partial charge is 0.497 e. The lowest BCUT2D eigenvalue weighted by atomic mass is 9.83. The molecule has 156 valence electrons. The van der Waals surface area contributed by atoms with Crippen LogP contribution < -0.4 is 21.1 Å². The van der Waals surface area contributed by atoms with Crippen LogP contribution in [-0.2, 0) is 9.59 Å². The summed E-state index contributed by atoms with van der Waals surface area (Å²) in [6.07, 6.45) is 0.768. The lowest BCUT2D eigenvalue weighted by Gasteiger charge is -2.27. The Morgan fingerprint density at radius 1 is 1.30 bits per heavy atom. The monoisotopic (exact) mass is 414 g/mol. The molecule has 2 aromatic rings. The number of hydrogen-bond donors (Lipinski definition) is 4. The molecule has 1 aliphatic rings. The minimum atomic E-state index is -0.895. The Bertz CT molecular complexity index is 1080. The Balaban J connectivity index is 2.03. The molecule has 1 atom stereocenters. The molecule has 0 bridgehead atoms. The average Bonchev–Trinajstić information content (AvgIpc) is 2.69. The highest BCUT2D eigenvalue weighted by molar-refractivity contribution is 6.07. The van der Waals surface area contributed by atoms with Crippen molar-refractivity contribution in [3.8, 4) is 5.75 Å². The first kappa shape index (κ1) is 21.0. The van der Waals surface area contributed by atoms with Gasteiger partial charge in [0.15, 0.2) is 0 Å². The molecule has 0 aromatic heterocycles. The summed E-state index contributed by atoms with van der Waals surface area (Å²) in [7, 11) is 1.42. The maximum absolute atomic E-state index is 14.6. The van der Waals surface area contributed by atoms with E-state index in [4.69, 9.17) is 15.9 Å². The molecule has 1 unspecified atom stereocenters. The molecule has 1 heterocycles. The number of halogens is 2. The van der Waals surface area contributed by atoms with E-state index < -0.39 is 23.5 Å². The minimum absolute atomic E-state index is 0.0529. The fourth-order valence-corrected chi connectivity index (χ4v) is 3.40. The van der Waals surface area contributed by atoms with Gasteiger partial charge < -0.3 is 26.5 Å². The van der Waals surface area contributed by atoms with Gasteiger partial charge in [-0.2, -0.15) is 0 Å². The third-order valence-electron chi connectivity index (χ3n) is 4.87. The highest BCUT2D eigenvalue weighted by Gasteiger charge is 2.34. The van der Waals surface area contributed by atoms with Crippen LogP contribution in [0.3, 0.4) is 0 Å². The topological polar surface area (TPSA) is 117 Å². The van der Waals surface area contributed by atoms with E-state index in [1.165, 1.54) is 38.3 Å². The molecule has 0 aliphatic carbocycles. The SMILES string of the molecule is COc1ccc(F)c(C2CC(=O)NC(C)=C2C(=O)Nc2cc(C=N)c(N)cc2F)c1. The van der Waals surface area contributed by atoms with Gasteiger partial charge in [0.1, 0.15) is 17.4 Å². The number of ether oxygens (including phenoxy) is 1. The first-order chi connectivity index (χ1) is 14.2. The van der Waals surface area contributed by atoms with Crippen LogP contribution >= 0.6 is 0 Å². The van der Waals surface area contributed by atoms with Crippen molar-refractivity contribution in [3.63, 3.8) is 0 Å². The van der Waals surface area contributed by atoms with E-state index >= 15 is 0 Å². The van der Waals surface area contributed by atoms with Crippen molar-refractivity contribution in [2.24, 2.45) is 0 Å². The standard InChI is InChI=1S/C21H20F2N4O3/c1-10-20(21(29)27-18-5-11(9-24)17(25)8-16(18)23)14(7-19(28)26-10)13-6-12(30-2)3-4-15(13)22/h3-6,8-9,14,24H,7,25H2,1-2H3,(H,26,28)(H,27,29). The van der Waals surface area contributed by atoms with Gasteiger partial charge in [0, 0.05) is 41.1 Å². The van der Waals surface area contributed by atoms with Crippen molar-refractivity contribution >= 4 is 29.4 Å². The number of rotatable bonds is 5. The number of amides is 2. The number of nitrogens with two attached hydrogens (primary N) is 1. The lowest BCUT2D eigenvalue weighted by Crippen LogP contribution is -2.35. The summed E-state index contributed by atoms with van der Waals surface area (Å²) in [6, 6.07) is 6.28. The maximum atomic E-state index is 14.6. The smallest absolute Gasteiger partial charge is 0.254 e. The third kappa shape index (κ3) is 4.00. The first-order valence-corrected chi connectivity index (χ1v) is 9.00. The maximum Gasteiger partial charge on any atom is 0.254 e. The van der Waals surface area contributed by atoms with Gasteiger partial charge in [-0.15, -0.1) is 0 Å². The molecular formula is C21H20F2N4O3. The van der Waals surface area contributed by atoms with Gasteiger partial charge >= 0.3 is 0 Å². The molecule has 7 nitrogen and oxygen atoms in total. The molecule has 0 radical (unpaired) electrons. The lowest BCUT2D eigenvalue weighted by molar-refractivity contribution is -0.121. The van der Waals surface area contributed by atoms with Gasteiger partial charge in [-0.3, -0.25) is 9.59 Å². The summed E-state index contributed by atoms with van der Waals surface area (Å²) >= 11 is 0. The Kier molecular flexibility index (Phi) is 5.81. The fraction of sp³-hybridized carbons (Fsp3) is 0.190. The third-order valence-corrected chi connectivity index (χ3v) is 4.87. The number of methoxy groups -OCH3 is 1. The number of nitrogens with one attached hydrogen (secondary N) is 3. The molecule has 2 aromatic carbocycles. The van der Waals surface area contributed by atoms with E-state index in [2.05, 4.69) is 10.6 Å². The van der Waals surface area contributed by atoms with Crippen molar-refractivity contribution < 1.29 is 23.1 Å². The van der Waals surface area contributed by atoms with Gasteiger partial charge in [0.2, 0.25) is 5.91 Å². The molecule has 0 saturated heterocycles. The van der Waals surface area contributed by atoms with Crippen LogP contribution in [-0.4, -0.2) is 25.1 Å². The van der Waals surface area contributed by atoms with E-state index in [1.807, 2.05) is 0 Å². The highest BCUT2D eigenvalue weighted by Crippen LogP contribution is 2.36. The van der Waals surface area contributed by atoms with Gasteiger partial charge in [0.05, 0.1) is 12.8 Å². The number of anilines is 2.